The average molecular weight is 285 g/mol. The molecule has 106 valence electrons. The van der Waals surface area contributed by atoms with E-state index in [1.54, 1.807) is 6.07 Å². The van der Waals surface area contributed by atoms with Crippen molar-refractivity contribution in [2.75, 3.05) is 26.2 Å². The lowest BCUT2D eigenvalue weighted by Gasteiger charge is -2.19. The van der Waals surface area contributed by atoms with Gasteiger partial charge in [-0.2, -0.15) is 0 Å². The van der Waals surface area contributed by atoms with E-state index in [2.05, 4.69) is 24.1 Å². The summed E-state index contributed by atoms with van der Waals surface area (Å²) in [6, 6.07) is 4.44. The normalized spacial score (nSPS) is 10.7. The Kier molecular flexibility index (Phi) is 6.67. The van der Waals surface area contributed by atoms with Crippen LogP contribution in [0.25, 0.3) is 0 Å². The van der Waals surface area contributed by atoms with Crippen LogP contribution in [-0.4, -0.2) is 42.1 Å². The number of halogens is 1. The molecule has 1 rings (SSSR count). The second kappa shape index (κ2) is 8.02. The fraction of sp³-hybridized carbons (Fsp3) is 0.500. The molecule has 0 aromatic heterocycles. The topological polar surface area (TPSA) is 52.6 Å². The van der Waals surface area contributed by atoms with Gasteiger partial charge in [-0.1, -0.05) is 25.4 Å². The zero-order valence-electron chi connectivity index (χ0n) is 11.4. The molecule has 1 aromatic carbocycles. The van der Waals surface area contributed by atoms with Crippen LogP contribution in [0, 0.1) is 0 Å². The third kappa shape index (κ3) is 5.09. The minimum atomic E-state index is -0.299. The highest BCUT2D eigenvalue weighted by Gasteiger charge is 2.11. The van der Waals surface area contributed by atoms with Crippen LogP contribution in [-0.2, 0) is 0 Å². The molecule has 4 nitrogen and oxygen atoms in total. The van der Waals surface area contributed by atoms with Crippen LogP contribution >= 0.6 is 11.6 Å². The van der Waals surface area contributed by atoms with Crippen molar-refractivity contribution in [3.63, 3.8) is 0 Å². The van der Waals surface area contributed by atoms with Gasteiger partial charge in [0.15, 0.2) is 0 Å². The summed E-state index contributed by atoms with van der Waals surface area (Å²) in [6.07, 6.45) is 1.09. The van der Waals surface area contributed by atoms with E-state index in [9.17, 15) is 9.90 Å². The van der Waals surface area contributed by atoms with E-state index in [4.69, 9.17) is 11.6 Å². The van der Waals surface area contributed by atoms with Crippen molar-refractivity contribution in [1.29, 1.82) is 0 Å². The summed E-state index contributed by atoms with van der Waals surface area (Å²) in [7, 11) is 0. The van der Waals surface area contributed by atoms with Crippen LogP contribution in [0.4, 0.5) is 0 Å². The van der Waals surface area contributed by atoms with Gasteiger partial charge in [-0.25, -0.2) is 0 Å². The minimum Gasteiger partial charge on any atom is -0.507 e. The Morgan fingerprint density at radius 1 is 1.37 bits per heavy atom. The van der Waals surface area contributed by atoms with Crippen molar-refractivity contribution in [2.45, 2.75) is 20.3 Å². The summed E-state index contributed by atoms with van der Waals surface area (Å²) in [6.45, 7) is 7.57. The molecule has 0 bridgehead atoms. The third-order valence-corrected chi connectivity index (χ3v) is 3.14. The maximum atomic E-state index is 11.9. The highest BCUT2D eigenvalue weighted by molar-refractivity contribution is 6.31. The second-order valence-corrected chi connectivity index (χ2v) is 4.79. The van der Waals surface area contributed by atoms with E-state index in [0.29, 0.717) is 11.6 Å². The summed E-state index contributed by atoms with van der Waals surface area (Å²) in [5.74, 6) is -0.352. The highest BCUT2D eigenvalue weighted by atomic mass is 35.5. The predicted octanol–water partition coefficient (Wildman–Crippen LogP) is 2.51. The lowest BCUT2D eigenvalue weighted by atomic mass is 10.2. The van der Waals surface area contributed by atoms with Crippen molar-refractivity contribution >= 4 is 17.5 Å². The van der Waals surface area contributed by atoms with E-state index < -0.39 is 0 Å². The number of nitrogens with zero attached hydrogens (tertiary/aromatic N) is 1. The van der Waals surface area contributed by atoms with Crippen LogP contribution in [0.3, 0.4) is 0 Å². The van der Waals surface area contributed by atoms with Gasteiger partial charge < -0.3 is 15.3 Å². The number of rotatable bonds is 7. The highest BCUT2D eigenvalue weighted by Crippen LogP contribution is 2.21. The first-order valence-electron chi connectivity index (χ1n) is 6.57. The van der Waals surface area contributed by atoms with E-state index >= 15 is 0 Å². The molecule has 0 aliphatic rings. The molecule has 0 spiro atoms. The number of phenolic OH excluding ortho intramolecular Hbond substituents is 1. The monoisotopic (exact) mass is 284 g/mol. The van der Waals surface area contributed by atoms with Crippen LogP contribution in [0.15, 0.2) is 18.2 Å². The van der Waals surface area contributed by atoms with E-state index in [1.165, 1.54) is 12.1 Å². The first-order chi connectivity index (χ1) is 9.08. The summed E-state index contributed by atoms with van der Waals surface area (Å²) < 4.78 is 0. The zero-order valence-corrected chi connectivity index (χ0v) is 12.2. The summed E-state index contributed by atoms with van der Waals surface area (Å²) >= 11 is 5.81. The van der Waals surface area contributed by atoms with Gasteiger partial charge in [0.05, 0.1) is 5.56 Å². The molecule has 1 amide bonds. The largest absolute Gasteiger partial charge is 0.507 e. The maximum absolute atomic E-state index is 11.9. The fourth-order valence-electron chi connectivity index (χ4n) is 1.86. The molecule has 0 atom stereocenters. The standard InChI is InChI=1S/C14H21ClN2O2/c1-3-8-17(4-2)9-7-16-14(19)12-10-11(15)5-6-13(12)18/h5-6,10,18H,3-4,7-9H2,1-2H3,(H,16,19). The van der Waals surface area contributed by atoms with Crippen LogP contribution in [0.2, 0.25) is 5.02 Å². The molecule has 0 heterocycles. The van der Waals surface area contributed by atoms with Crippen molar-refractivity contribution in [2.24, 2.45) is 0 Å². The quantitative estimate of drug-likeness (QED) is 0.809. The molecule has 0 aliphatic heterocycles. The van der Waals surface area contributed by atoms with Crippen molar-refractivity contribution in [3.8, 4) is 5.75 Å². The number of carbonyl (C=O) groups is 1. The third-order valence-electron chi connectivity index (χ3n) is 2.90. The van der Waals surface area contributed by atoms with E-state index in [0.717, 1.165) is 26.1 Å². The Hall–Kier alpha value is -1.26. The lowest BCUT2D eigenvalue weighted by Crippen LogP contribution is -2.35. The first-order valence-corrected chi connectivity index (χ1v) is 6.95. The predicted molar refractivity (Wildman–Crippen MR) is 77.9 cm³/mol. The van der Waals surface area contributed by atoms with Gasteiger partial charge >= 0.3 is 0 Å². The molecule has 1 aromatic rings. The fourth-order valence-corrected chi connectivity index (χ4v) is 2.03. The van der Waals surface area contributed by atoms with Gasteiger partial charge in [-0.05, 0) is 37.7 Å². The van der Waals surface area contributed by atoms with Crippen molar-refractivity contribution < 1.29 is 9.90 Å². The molecule has 0 fully saturated rings. The molecule has 0 aliphatic carbocycles. The van der Waals surface area contributed by atoms with E-state index in [1.807, 2.05) is 0 Å². The first kappa shape index (κ1) is 15.8. The number of benzene rings is 1. The Morgan fingerprint density at radius 2 is 2.11 bits per heavy atom. The van der Waals surface area contributed by atoms with Crippen LogP contribution in [0.1, 0.15) is 30.6 Å². The van der Waals surface area contributed by atoms with Gasteiger partial charge in [0, 0.05) is 18.1 Å². The molecule has 0 radical (unpaired) electrons. The summed E-state index contributed by atoms with van der Waals surface area (Å²) in [5, 5.41) is 12.8. The number of phenols is 1. The van der Waals surface area contributed by atoms with Gasteiger partial charge in [0.25, 0.3) is 5.91 Å². The number of aromatic hydroxyl groups is 1. The zero-order chi connectivity index (χ0) is 14.3. The smallest absolute Gasteiger partial charge is 0.255 e. The van der Waals surface area contributed by atoms with Crippen molar-refractivity contribution in [1.82, 2.24) is 10.2 Å². The SMILES string of the molecule is CCCN(CC)CCNC(=O)c1cc(Cl)ccc1O. The molecule has 5 heteroatoms. The Labute approximate surface area is 119 Å². The van der Waals surface area contributed by atoms with Crippen LogP contribution in [0.5, 0.6) is 5.75 Å². The number of hydrogen-bond donors (Lipinski definition) is 2. The van der Waals surface area contributed by atoms with Crippen molar-refractivity contribution in [3.05, 3.63) is 28.8 Å². The average Bonchev–Trinajstić information content (AvgIpc) is 2.40. The molecule has 0 unspecified atom stereocenters. The summed E-state index contributed by atoms with van der Waals surface area (Å²) in [4.78, 5) is 14.2. The Bertz CT molecular complexity index is 424. The van der Waals surface area contributed by atoms with Gasteiger partial charge in [-0.15, -0.1) is 0 Å². The van der Waals surface area contributed by atoms with Crippen LogP contribution < -0.4 is 5.32 Å². The Morgan fingerprint density at radius 3 is 2.74 bits per heavy atom. The second-order valence-electron chi connectivity index (χ2n) is 4.35. The number of likely N-dealkylation sites (N-methyl/N-ethyl adjacent to an activating group) is 1. The van der Waals surface area contributed by atoms with Gasteiger partial charge in [0.2, 0.25) is 0 Å². The van der Waals surface area contributed by atoms with Gasteiger partial charge in [0.1, 0.15) is 5.75 Å². The lowest BCUT2D eigenvalue weighted by molar-refractivity contribution is 0.0946. The molecular formula is C14H21ClN2O2. The molecule has 0 saturated carbocycles. The number of nitrogens with one attached hydrogen (secondary N) is 1. The molecule has 2 N–H and O–H groups in total. The Balaban J connectivity index is 2.49. The summed E-state index contributed by atoms with van der Waals surface area (Å²) in [5.41, 5.74) is 0.214. The molecular weight excluding hydrogens is 264 g/mol. The molecule has 19 heavy (non-hydrogen) atoms. The van der Waals surface area contributed by atoms with Gasteiger partial charge in [-0.3, -0.25) is 4.79 Å². The number of amides is 1. The maximum Gasteiger partial charge on any atom is 0.255 e. The van der Waals surface area contributed by atoms with E-state index in [-0.39, 0.29) is 17.2 Å². The number of carbonyl (C=O) groups excluding carboxylic acids is 1. The number of hydrogen-bond acceptors (Lipinski definition) is 3. The minimum absolute atomic E-state index is 0.0530. The molecule has 0 saturated heterocycles.